The van der Waals surface area contributed by atoms with E-state index >= 15 is 0 Å². The number of carbonyl (C=O) groups excluding carboxylic acids is 1. The van der Waals surface area contributed by atoms with Crippen LogP contribution in [0.1, 0.15) is 32.1 Å². The van der Waals surface area contributed by atoms with E-state index in [0.29, 0.717) is 23.6 Å². The minimum atomic E-state index is -0.410. The largest absolute Gasteiger partial charge is 0.461 e. The van der Waals surface area contributed by atoms with Gasteiger partial charge in [0.25, 0.3) is 5.56 Å². The lowest BCUT2D eigenvalue weighted by molar-refractivity contribution is -0.137. The summed E-state index contributed by atoms with van der Waals surface area (Å²) in [7, 11) is 0. The second kappa shape index (κ2) is 9.38. The van der Waals surface area contributed by atoms with Gasteiger partial charge in [-0.15, -0.1) is 0 Å². The van der Waals surface area contributed by atoms with Crippen molar-refractivity contribution in [3.8, 4) is 0 Å². The minimum Gasteiger partial charge on any atom is -0.461 e. The lowest BCUT2D eigenvalue weighted by Gasteiger charge is -2.37. The molecule has 4 aromatic carbocycles. The first-order valence-corrected chi connectivity index (χ1v) is 13.7. The minimum absolute atomic E-state index is 0.0601. The molecule has 194 valence electrons. The number of pyridine rings is 1. The third-order valence-electron chi connectivity index (χ3n) is 8.30. The van der Waals surface area contributed by atoms with Gasteiger partial charge in [-0.1, -0.05) is 62.2 Å². The lowest BCUT2D eigenvalue weighted by Crippen LogP contribution is -2.39. The van der Waals surface area contributed by atoms with Gasteiger partial charge in [-0.05, 0) is 48.6 Å². The third kappa shape index (κ3) is 3.74. The Balaban J connectivity index is 1.48. The highest BCUT2D eigenvalue weighted by Crippen LogP contribution is 2.38. The number of benzene rings is 4. The van der Waals surface area contributed by atoms with E-state index in [1.807, 2.05) is 36.4 Å². The Kier molecular flexibility index (Phi) is 5.69. The summed E-state index contributed by atoms with van der Waals surface area (Å²) in [6.45, 7) is 4.38. The van der Waals surface area contributed by atoms with Crippen molar-refractivity contribution in [2.45, 2.75) is 38.1 Å². The quantitative estimate of drug-likeness (QED) is 0.108. The van der Waals surface area contributed by atoms with Gasteiger partial charge in [0.2, 0.25) is 0 Å². The monoisotopic (exact) mass is 515 g/mol. The molecule has 0 saturated heterocycles. The average molecular weight is 516 g/mol. The van der Waals surface area contributed by atoms with E-state index < -0.39 is 5.97 Å². The van der Waals surface area contributed by atoms with Gasteiger partial charge in [0.1, 0.15) is 12.3 Å². The zero-order chi connectivity index (χ0) is 26.5. The average Bonchev–Trinajstić information content (AvgIpc) is 2.98. The summed E-state index contributed by atoms with van der Waals surface area (Å²) >= 11 is 0. The highest BCUT2D eigenvalue weighted by atomic mass is 16.5. The lowest BCUT2D eigenvalue weighted by atomic mass is 9.92. The molecule has 6 heteroatoms. The van der Waals surface area contributed by atoms with Crippen LogP contribution in [0.5, 0.6) is 0 Å². The van der Waals surface area contributed by atoms with Crippen LogP contribution in [-0.2, 0) is 9.53 Å². The molecule has 2 heterocycles. The summed E-state index contributed by atoms with van der Waals surface area (Å²) in [4.78, 5) is 33.3. The fourth-order valence-electron chi connectivity index (χ4n) is 6.57. The Morgan fingerprint density at radius 1 is 0.949 bits per heavy atom. The molecule has 39 heavy (non-hydrogen) atoms. The molecule has 1 aliphatic carbocycles. The van der Waals surface area contributed by atoms with Crippen LogP contribution >= 0.6 is 0 Å². The van der Waals surface area contributed by atoms with E-state index in [1.165, 1.54) is 25.3 Å². The molecule has 1 aliphatic rings. The Morgan fingerprint density at radius 2 is 1.72 bits per heavy atom. The number of nitrogens with zero attached hydrogens (tertiary/aromatic N) is 3. The predicted octanol–water partition coefficient (Wildman–Crippen LogP) is 6.61. The molecule has 7 rings (SSSR count). The zero-order valence-electron chi connectivity index (χ0n) is 21.7. The second-order valence-electron chi connectivity index (χ2n) is 10.4. The summed E-state index contributed by atoms with van der Waals surface area (Å²) < 4.78 is 7.17. The molecule has 1 fully saturated rings. The van der Waals surface area contributed by atoms with Crippen LogP contribution in [0.2, 0.25) is 0 Å². The van der Waals surface area contributed by atoms with Gasteiger partial charge in [-0.2, -0.15) is 0 Å². The van der Waals surface area contributed by atoms with Gasteiger partial charge in [0.05, 0.1) is 17.6 Å². The molecule has 2 aromatic heterocycles. The number of rotatable bonds is 6. The molecule has 1 saturated carbocycles. The maximum atomic E-state index is 14.1. The van der Waals surface area contributed by atoms with Crippen molar-refractivity contribution in [1.82, 2.24) is 9.38 Å². The standard InChI is InChI=1S/C33H29N3O3/c1-2-29(37)39-20-19-35(22-11-4-3-5-12-22)27-18-17-24-31-23(27)13-8-14-25(31)33(38)36-28-16-7-10-21-9-6-15-26(30(21)28)34-32(24)36/h2,6-10,13-18,22H,1,3-5,11-12,19-20H2. The topological polar surface area (TPSA) is 63.9 Å². The van der Waals surface area contributed by atoms with E-state index in [-0.39, 0.29) is 12.2 Å². The number of esters is 1. The van der Waals surface area contributed by atoms with E-state index in [0.717, 1.165) is 56.5 Å². The van der Waals surface area contributed by atoms with Crippen LogP contribution in [0.25, 0.3) is 49.0 Å². The molecule has 0 amide bonds. The predicted molar refractivity (Wildman–Crippen MR) is 158 cm³/mol. The van der Waals surface area contributed by atoms with Crippen LogP contribution < -0.4 is 10.5 Å². The van der Waals surface area contributed by atoms with Gasteiger partial charge < -0.3 is 9.64 Å². The van der Waals surface area contributed by atoms with Crippen LogP contribution in [0.4, 0.5) is 5.69 Å². The Hall–Kier alpha value is -4.45. The maximum Gasteiger partial charge on any atom is 0.330 e. The molecule has 0 bridgehead atoms. The Bertz CT molecular complexity index is 1950. The summed E-state index contributed by atoms with van der Waals surface area (Å²) in [6.07, 6.45) is 7.01. The van der Waals surface area contributed by atoms with Gasteiger partial charge in [0, 0.05) is 44.7 Å². The van der Waals surface area contributed by atoms with Crippen molar-refractivity contribution in [2.75, 3.05) is 18.1 Å². The molecule has 0 unspecified atom stereocenters. The third-order valence-corrected chi connectivity index (χ3v) is 8.30. The first-order valence-electron chi connectivity index (χ1n) is 13.7. The number of carbonyl (C=O) groups is 1. The van der Waals surface area contributed by atoms with Crippen LogP contribution in [0.3, 0.4) is 0 Å². The molecule has 6 nitrogen and oxygen atoms in total. The van der Waals surface area contributed by atoms with Crippen LogP contribution in [0.15, 0.2) is 84.2 Å². The highest BCUT2D eigenvalue weighted by Gasteiger charge is 2.25. The number of aromatic nitrogens is 2. The van der Waals surface area contributed by atoms with Gasteiger partial charge in [0.15, 0.2) is 0 Å². The van der Waals surface area contributed by atoms with E-state index in [4.69, 9.17) is 9.72 Å². The van der Waals surface area contributed by atoms with Gasteiger partial charge >= 0.3 is 5.97 Å². The number of ether oxygens (including phenoxy) is 1. The number of anilines is 1. The summed E-state index contributed by atoms with van der Waals surface area (Å²) in [6, 6.07) is 22.8. The molecular weight excluding hydrogens is 486 g/mol. The molecule has 0 atom stereocenters. The van der Waals surface area contributed by atoms with Crippen molar-refractivity contribution in [1.29, 1.82) is 0 Å². The first-order chi connectivity index (χ1) is 19.2. The molecular formula is C33H29N3O3. The van der Waals surface area contributed by atoms with Crippen LogP contribution in [-0.4, -0.2) is 34.5 Å². The SMILES string of the molecule is C=CC(=O)OCCN(c1ccc2c3c1cccc3c(=O)n1c3cccc4cccc(nc21)c43)C1CCCCC1. The second-order valence-corrected chi connectivity index (χ2v) is 10.4. The van der Waals surface area contributed by atoms with Gasteiger partial charge in [-0.3, -0.25) is 9.20 Å². The Labute approximate surface area is 225 Å². The number of hydrogen-bond donors (Lipinski definition) is 0. The molecule has 0 radical (unpaired) electrons. The fraction of sp³-hybridized carbons (Fsp3) is 0.242. The van der Waals surface area contributed by atoms with Crippen molar-refractivity contribution >= 4 is 60.7 Å². The van der Waals surface area contributed by atoms with Crippen molar-refractivity contribution in [3.63, 3.8) is 0 Å². The van der Waals surface area contributed by atoms with Gasteiger partial charge in [-0.25, -0.2) is 9.78 Å². The van der Waals surface area contributed by atoms with E-state index in [9.17, 15) is 9.59 Å². The fourth-order valence-corrected chi connectivity index (χ4v) is 6.57. The molecule has 0 spiro atoms. The smallest absolute Gasteiger partial charge is 0.330 e. The van der Waals surface area contributed by atoms with Crippen molar-refractivity contribution < 1.29 is 9.53 Å². The van der Waals surface area contributed by atoms with Crippen molar-refractivity contribution in [3.05, 3.63) is 89.7 Å². The molecule has 0 N–H and O–H groups in total. The summed E-state index contributed by atoms with van der Waals surface area (Å²) in [5.74, 6) is -0.410. The number of fused-ring (bicyclic) bond motifs is 3. The molecule has 0 aliphatic heterocycles. The van der Waals surface area contributed by atoms with E-state index in [1.54, 1.807) is 4.40 Å². The molecule has 6 aromatic rings. The maximum absolute atomic E-state index is 14.1. The first kappa shape index (κ1) is 23.7. The zero-order valence-corrected chi connectivity index (χ0v) is 21.7. The highest BCUT2D eigenvalue weighted by molar-refractivity contribution is 6.19. The number of hydrogen-bond acceptors (Lipinski definition) is 5. The van der Waals surface area contributed by atoms with E-state index in [2.05, 4.69) is 41.8 Å². The van der Waals surface area contributed by atoms with Crippen molar-refractivity contribution in [2.24, 2.45) is 0 Å². The summed E-state index contributed by atoms with van der Waals surface area (Å²) in [5.41, 5.74) is 3.43. The van der Waals surface area contributed by atoms with Crippen LogP contribution in [0, 0.1) is 0 Å². The Morgan fingerprint density at radius 3 is 2.54 bits per heavy atom. The summed E-state index contributed by atoms with van der Waals surface area (Å²) in [5, 5.41) is 5.67. The normalized spacial score (nSPS) is 14.6.